The molecule has 0 saturated carbocycles. The molecule has 1 heterocycles. The topological polar surface area (TPSA) is 62.1 Å². The van der Waals surface area contributed by atoms with Crippen molar-refractivity contribution < 1.29 is 19.0 Å². The summed E-state index contributed by atoms with van der Waals surface area (Å²) in [7, 11) is 3.03. The molecule has 0 unspecified atom stereocenters. The Morgan fingerprint density at radius 2 is 1.54 bits per heavy atom. The molecule has 0 aliphatic carbocycles. The SMILES string of the molecule is COC(=O)c1cccc(Cn2cc(C=Nc3ccc(Oc4ccc(OC)cc4)cc3)c3ccccc32)c1. The van der Waals surface area contributed by atoms with Crippen LogP contribution in [0.25, 0.3) is 10.9 Å². The van der Waals surface area contributed by atoms with E-state index in [0.717, 1.165) is 45.0 Å². The third-order valence-corrected chi connectivity index (χ3v) is 6.00. The molecule has 6 heteroatoms. The number of esters is 1. The van der Waals surface area contributed by atoms with Gasteiger partial charge in [-0.2, -0.15) is 0 Å². The number of carbonyl (C=O) groups excluding carboxylic acids is 1. The van der Waals surface area contributed by atoms with Crippen molar-refractivity contribution in [1.29, 1.82) is 0 Å². The highest BCUT2D eigenvalue weighted by atomic mass is 16.5. The fraction of sp³-hybridized carbons (Fsp3) is 0.0968. The van der Waals surface area contributed by atoms with Crippen molar-refractivity contribution in [3.8, 4) is 17.2 Å². The smallest absolute Gasteiger partial charge is 0.337 e. The molecular weight excluding hydrogens is 464 g/mol. The Bertz CT molecular complexity index is 1550. The number of aromatic nitrogens is 1. The van der Waals surface area contributed by atoms with Crippen molar-refractivity contribution in [2.75, 3.05) is 14.2 Å². The molecule has 1 aromatic heterocycles. The van der Waals surface area contributed by atoms with E-state index in [4.69, 9.17) is 19.2 Å². The molecule has 0 spiro atoms. The maximum Gasteiger partial charge on any atom is 0.337 e. The van der Waals surface area contributed by atoms with Gasteiger partial charge < -0.3 is 18.8 Å². The lowest BCUT2D eigenvalue weighted by Gasteiger charge is -2.07. The van der Waals surface area contributed by atoms with E-state index < -0.39 is 0 Å². The van der Waals surface area contributed by atoms with Crippen molar-refractivity contribution in [3.05, 3.63) is 120 Å². The Morgan fingerprint density at radius 1 is 0.838 bits per heavy atom. The second kappa shape index (κ2) is 10.8. The molecule has 0 atom stereocenters. The van der Waals surface area contributed by atoms with Crippen LogP contribution in [0.15, 0.2) is 108 Å². The first-order valence-electron chi connectivity index (χ1n) is 11.8. The van der Waals surface area contributed by atoms with Crippen LogP contribution in [0.4, 0.5) is 5.69 Å². The van der Waals surface area contributed by atoms with E-state index in [2.05, 4.69) is 22.9 Å². The van der Waals surface area contributed by atoms with Gasteiger partial charge in [0.2, 0.25) is 0 Å². The van der Waals surface area contributed by atoms with Crippen LogP contribution in [0.2, 0.25) is 0 Å². The number of benzene rings is 4. The van der Waals surface area contributed by atoms with Crippen molar-refractivity contribution in [3.63, 3.8) is 0 Å². The van der Waals surface area contributed by atoms with E-state index >= 15 is 0 Å². The molecule has 4 aromatic carbocycles. The van der Waals surface area contributed by atoms with Gasteiger partial charge in [-0.15, -0.1) is 0 Å². The summed E-state index contributed by atoms with van der Waals surface area (Å²) in [5.41, 5.74) is 4.48. The minimum absolute atomic E-state index is 0.340. The molecular formula is C31H26N2O4. The number of hydrogen-bond acceptors (Lipinski definition) is 5. The second-order valence-electron chi connectivity index (χ2n) is 8.45. The maximum atomic E-state index is 11.9. The molecule has 5 aromatic rings. The van der Waals surface area contributed by atoms with Crippen molar-refractivity contribution in [1.82, 2.24) is 4.57 Å². The summed E-state index contributed by atoms with van der Waals surface area (Å²) in [5.74, 6) is 1.91. The molecule has 0 fully saturated rings. The predicted molar refractivity (Wildman–Crippen MR) is 146 cm³/mol. The molecule has 0 aliphatic rings. The third-order valence-electron chi connectivity index (χ3n) is 6.00. The lowest BCUT2D eigenvalue weighted by molar-refractivity contribution is 0.0600. The second-order valence-corrected chi connectivity index (χ2v) is 8.45. The number of nitrogens with zero attached hydrogens (tertiary/aromatic N) is 2. The highest BCUT2D eigenvalue weighted by Gasteiger charge is 2.10. The monoisotopic (exact) mass is 490 g/mol. The van der Waals surface area contributed by atoms with Crippen LogP contribution in [0.3, 0.4) is 0 Å². The first kappa shape index (κ1) is 23.9. The van der Waals surface area contributed by atoms with E-state index in [1.807, 2.05) is 85.1 Å². The molecule has 0 bridgehead atoms. The molecule has 6 nitrogen and oxygen atoms in total. The van der Waals surface area contributed by atoms with E-state index in [9.17, 15) is 4.79 Å². The number of aliphatic imine (C=N–C) groups is 1. The minimum Gasteiger partial charge on any atom is -0.497 e. The van der Waals surface area contributed by atoms with Gasteiger partial charge >= 0.3 is 5.97 Å². The summed E-state index contributed by atoms with van der Waals surface area (Å²) in [5, 5.41) is 1.11. The quantitative estimate of drug-likeness (QED) is 0.173. The van der Waals surface area contributed by atoms with Gasteiger partial charge in [0.25, 0.3) is 0 Å². The van der Waals surface area contributed by atoms with Gasteiger partial charge in [-0.05, 0) is 72.3 Å². The van der Waals surface area contributed by atoms with Gasteiger partial charge in [0.1, 0.15) is 17.2 Å². The van der Waals surface area contributed by atoms with Crippen molar-refractivity contribution in [2.24, 2.45) is 4.99 Å². The Labute approximate surface area is 215 Å². The summed E-state index contributed by atoms with van der Waals surface area (Å²) in [6.07, 6.45) is 3.96. The van der Waals surface area contributed by atoms with Gasteiger partial charge in [-0.1, -0.05) is 30.3 Å². The standard InChI is InChI=1S/C31H26N2O4/c1-35-26-14-16-28(17-15-26)37-27-12-10-25(11-13-27)32-19-24-21-33(30-9-4-3-8-29(24)30)20-22-6-5-7-23(18-22)31(34)36-2/h3-19,21H,20H2,1-2H3. The van der Waals surface area contributed by atoms with Gasteiger partial charge in [0, 0.05) is 35.4 Å². The Morgan fingerprint density at radius 3 is 2.27 bits per heavy atom. The Kier molecular flexibility index (Phi) is 6.99. The largest absolute Gasteiger partial charge is 0.497 e. The number of methoxy groups -OCH3 is 2. The van der Waals surface area contributed by atoms with Crippen LogP contribution in [0, 0.1) is 0 Å². The van der Waals surface area contributed by atoms with Gasteiger partial charge in [-0.25, -0.2) is 4.79 Å². The molecule has 0 N–H and O–H groups in total. The molecule has 5 rings (SSSR count). The fourth-order valence-electron chi connectivity index (χ4n) is 4.14. The number of rotatable bonds is 8. The van der Waals surface area contributed by atoms with E-state index in [1.54, 1.807) is 13.2 Å². The zero-order chi connectivity index (χ0) is 25.6. The average molecular weight is 491 g/mol. The van der Waals surface area contributed by atoms with Crippen molar-refractivity contribution >= 4 is 28.8 Å². The van der Waals surface area contributed by atoms with Gasteiger partial charge in [0.05, 0.1) is 25.5 Å². The van der Waals surface area contributed by atoms with Crippen molar-refractivity contribution in [2.45, 2.75) is 6.54 Å². The van der Waals surface area contributed by atoms with Gasteiger partial charge in [-0.3, -0.25) is 4.99 Å². The highest BCUT2D eigenvalue weighted by molar-refractivity contribution is 6.00. The number of fused-ring (bicyclic) bond motifs is 1. The Hall–Kier alpha value is -4.84. The van der Waals surface area contributed by atoms with Gasteiger partial charge in [0.15, 0.2) is 0 Å². The minimum atomic E-state index is -0.340. The average Bonchev–Trinajstić information content (AvgIpc) is 3.30. The maximum absolute atomic E-state index is 11.9. The lowest BCUT2D eigenvalue weighted by Crippen LogP contribution is -2.03. The number of carbonyl (C=O) groups is 1. The van der Waals surface area contributed by atoms with E-state index in [1.165, 1.54) is 7.11 Å². The zero-order valence-corrected chi connectivity index (χ0v) is 20.6. The van der Waals surface area contributed by atoms with Crippen LogP contribution >= 0.6 is 0 Å². The first-order chi connectivity index (χ1) is 18.1. The zero-order valence-electron chi connectivity index (χ0n) is 20.6. The van der Waals surface area contributed by atoms with Crippen LogP contribution in [-0.4, -0.2) is 31.0 Å². The predicted octanol–water partition coefficient (Wildman–Crippen LogP) is 7.03. The van der Waals surface area contributed by atoms with Crippen LogP contribution in [0.1, 0.15) is 21.5 Å². The molecule has 0 radical (unpaired) electrons. The fourth-order valence-corrected chi connectivity index (χ4v) is 4.14. The van der Waals surface area contributed by atoms with Crippen LogP contribution < -0.4 is 9.47 Å². The normalized spacial score (nSPS) is 11.1. The Balaban J connectivity index is 1.34. The van der Waals surface area contributed by atoms with Crippen LogP contribution in [0.5, 0.6) is 17.2 Å². The molecule has 0 aliphatic heterocycles. The number of para-hydroxylation sites is 1. The molecule has 37 heavy (non-hydrogen) atoms. The summed E-state index contributed by atoms with van der Waals surface area (Å²) < 4.78 is 18.1. The summed E-state index contributed by atoms with van der Waals surface area (Å²) in [6.45, 7) is 0.622. The number of ether oxygens (including phenoxy) is 3. The lowest BCUT2D eigenvalue weighted by atomic mass is 10.1. The number of hydrogen-bond donors (Lipinski definition) is 0. The molecule has 0 saturated heterocycles. The third kappa shape index (κ3) is 5.54. The summed E-state index contributed by atoms with van der Waals surface area (Å²) >= 11 is 0. The van der Waals surface area contributed by atoms with E-state index in [-0.39, 0.29) is 5.97 Å². The molecule has 184 valence electrons. The molecule has 0 amide bonds. The summed E-state index contributed by atoms with van der Waals surface area (Å²) in [4.78, 5) is 16.6. The highest BCUT2D eigenvalue weighted by Crippen LogP contribution is 2.27. The first-order valence-corrected chi connectivity index (χ1v) is 11.8. The van der Waals surface area contributed by atoms with E-state index in [0.29, 0.717) is 12.1 Å². The van der Waals surface area contributed by atoms with Crippen LogP contribution in [-0.2, 0) is 11.3 Å². The summed E-state index contributed by atoms with van der Waals surface area (Å²) in [6, 6.07) is 30.8.